The van der Waals surface area contributed by atoms with Crippen LogP contribution in [0.15, 0.2) is 24.3 Å². The lowest BCUT2D eigenvalue weighted by atomic mass is 9.87. The lowest BCUT2D eigenvalue weighted by molar-refractivity contribution is -0.131. The molecule has 0 aliphatic carbocycles. The third-order valence-electron chi connectivity index (χ3n) is 5.14. The van der Waals surface area contributed by atoms with E-state index in [2.05, 4.69) is 13.8 Å². The topological polar surface area (TPSA) is 60.9 Å². The lowest BCUT2D eigenvalue weighted by Crippen LogP contribution is -2.38. The van der Waals surface area contributed by atoms with Gasteiger partial charge >= 0.3 is 0 Å². The standard InChI is InChI=1S/C20H28N2O3/c1-20(2)13-17(23)8-10-21(14-20)19(25)12-15-5-3-6-16(11-15)22-9-4-7-18(22)24/h3,5-6,11,17,23H,4,7-10,12-14H2,1-2H3. The number of aliphatic hydroxyl groups is 1. The SMILES string of the molecule is CC1(C)CC(O)CCN(C(=O)Cc2cccc(N3CCCC3=O)c2)C1. The number of benzene rings is 1. The van der Waals surface area contributed by atoms with Crippen molar-refractivity contribution in [1.29, 1.82) is 0 Å². The van der Waals surface area contributed by atoms with Gasteiger partial charge in [-0.2, -0.15) is 0 Å². The molecule has 1 unspecified atom stereocenters. The van der Waals surface area contributed by atoms with Gasteiger partial charge in [-0.25, -0.2) is 0 Å². The van der Waals surface area contributed by atoms with Crippen LogP contribution in [0.4, 0.5) is 5.69 Å². The van der Waals surface area contributed by atoms with E-state index in [0.29, 0.717) is 32.4 Å². The first-order chi connectivity index (χ1) is 11.8. The molecule has 3 rings (SSSR count). The molecule has 25 heavy (non-hydrogen) atoms. The molecular formula is C20H28N2O3. The van der Waals surface area contributed by atoms with Crippen molar-refractivity contribution in [3.63, 3.8) is 0 Å². The largest absolute Gasteiger partial charge is 0.393 e. The monoisotopic (exact) mass is 344 g/mol. The van der Waals surface area contributed by atoms with Crippen molar-refractivity contribution in [2.45, 2.75) is 52.1 Å². The van der Waals surface area contributed by atoms with Gasteiger partial charge in [0.25, 0.3) is 0 Å². The Morgan fingerprint density at radius 3 is 2.84 bits per heavy atom. The molecule has 1 atom stereocenters. The molecule has 5 nitrogen and oxygen atoms in total. The Hall–Kier alpha value is -1.88. The van der Waals surface area contributed by atoms with Crippen LogP contribution in [-0.2, 0) is 16.0 Å². The van der Waals surface area contributed by atoms with Gasteiger partial charge in [0.15, 0.2) is 0 Å². The van der Waals surface area contributed by atoms with Crippen molar-refractivity contribution in [2.24, 2.45) is 5.41 Å². The van der Waals surface area contributed by atoms with E-state index in [1.807, 2.05) is 29.2 Å². The predicted molar refractivity (Wildman–Crippen MR) is 97.3 cm³/mol. The molecule has 136 valence electrons. The minimum absolute atomic E-state index is 0.0740. The number of rotatable bonds is 3. The van der Waals surface area contributed by atoms with Crippen LogP contribution in [-0.4, -0.2) is 47.6 Å². The number of aliphatic hydroxyl groups excluding tert-OH is 1. The number of hydrogen-bond acceptors (Lipinski definition) is 3. The van der Waals surface area contributed by atoms with E-state index >= 15 is 0 Å². The molecule has 2 heterocycles. The van der Waals surface area contributed by atoms with E-state index in [9.17, 15) is 14.7 Å². The van der Waals surface area contributed by atoms with Gasteiger partial charge in [0.1, 0.15) is 0 Å². The van der Waals surface area contributed by atoms with Gasteiger partial charge in [-0.05, 0) is 42.4 Å². The Morgan fingerprint density at radius 2 is 2.12 bits per heavy atom. The number of nitrogens with zero attached hydrogens (tertiary/aromatic N) is 2. The number of anilines is 1. The van der Waals surface area contributed by atoms with Gasteiger partial charge in [0.2, 0.25) is 11.8 Å². The summed E-state index contributed by atoms with van der Waals surface area (Å²) in [5.41, 5.74) is 1.75. The summed E-state index contributed by atoms with van der Waals surface area (Å²) in [4.78, 5) is 28.4. The van der Waals surface area contributed by atoms with E-state index in [1.54, 1.807) is 4.90 Å². The maximum Gasteiger partial charge on any atom is 0.227 e. The Kier molecular flexibility index (Phi) is 5.13. The van der Waals surface area contributed by atoms with Crippen molar-refractivity contribution in [3.8, 4) is 0 Å². The molecule has 2 saturated heterocycles. The molecule has 0 radical (unpaired) electrons. The zero-order chi connectivity index (χ0) is 18.0. The van der Waals surface area contributed by atoms with E-state index in [4.69, 9.17) is 0 Å². The molecule has 0 saturated carbocycles. The smallest absolute Gasteiger partial charge is 0.227 e. The van der Waals surface area contributed by atoms with Crippen molar-refractivity contribution in [2.75, 3.05) is 24.5 Å². The third-order valence-corrected chi connectivity index (χ3v) is 5.14. The van der Waals surface area contributed by atoms with Gasteiger partial charge in [0, 0.05) is 31.7 Å². The van der Waals surface area contributed by atoms with Crippen LogP contribution >= 0.6 is 0 Å². The molecule has 0 bridgehead atoms. The first-order valence-corrected chi connectivity index (χ1v) is 9.19. The first kappa shape index (κ1) is 17.9. The second-order valence-corrected chi connectivity index (χ2v) is 8.12. The second kappa shape index (κ2) is 7.16. The highest BCUT2D eigenvalue weighted by Crippen LogP contribution is 2.29. The fourth-order valence-electron chi connectivity index (χ4n) is 3.96. The minimum atomic E-state index is -0.336. The number of likely N-dealkylation sites (tertiary alicyclic amines) is 1. The number of amides is 2. The average molecular weight is 344 g/mol. The third kappa shape index (κ3) is 4.40. The van der Waals surface area contributed by atoms with Crippen molar-refractivity contribution in [1.82, 2.24) is 4.90 Å². The fraction of sp³-hybridized carbons (Fsp3) is 0.600. The molecule has 2 aliphatic rings. The summed E-state index contributed by atoms with van der Waals surface area (Å²) < 4.78 is 0. The molecule has 5 heteroatoms. The number of carbonyl (C=O) groups excluding carboxylic acids is 2. The summed E-state index contributed by atoms with van der Waals surface area (Å²) in [5, 5.41) is 10.0. The molecule has 2 aliphatic heterocycles. The van der Waals surface area contributed by atoms with Crippen LogP contribution in [0.5, 0.6) is 0 Å². The first-order valence-electron chi connectivity index (χ1n) is 9.19. The molecule has 0 spiro atoms. The predicted octanol–water partition coefficient (Wildman–Crippen LogP) is 2.37. The summed E-state index contributed by atoms with van der Waals surface area (Å²) in [6, 6.07) is 7.75. The Balaban J connectivity index is 1.69. The normalized spacial score (nSPS) is 23.6. The average Bonchev–Trinajstić information content (AvgIpc) is 2.90. The molecular weight excluding hydrogens is 316 g/mol. The van der Waals surface area contributed by atoms with Crippen LogP contribution in [0.1, 0.15) is 45.1 Å². The zero-order valence-electron chi connectivity index (χ0n) is 15.2. The van der Waals surface area contributed by atoms with Crippen LogP contribution in [0.25, 0.3) is 0 Å². The fourth-order valence-corrected chi connectivity index (χ4v) is 3.96. The van der Waals surface area contributed by atoms with E-state index in [-0.39, 0.29) is 23.3 Å². The van der Waals surface area contributed by atoms with Crippen molar-refractivity contribution < 1.29 is 14.7 Å². The maximum absolute atomic E-state index is 12.8. The summed E-state index contributed by atoms with van der Waals surface area (Å²) in [6.45, 7) is 6.23. The quantitative estimate of drug-likeness (QED) is 0.916. The lowest BCUT2D eigenvalue weighted by Gasteiger charge is -2.30. The molecule has 2 fully saturated rings. The van der Waals surface area contributed by atoms with Crippen LogP contribution in [0, 0.1) is 5.41 Å². The maximum atomic E-state index is 12.8. The van der Waals surface area contributed by atoms with E-state index < -0.39 is 0 Å². The summed E-state index contributed by atoms with van der Waals surface area (Å²) >= 11 is 0. The molecule has 1 aromatic rings. The van der Waals surface area contributed by atoms with Gasteiger partial charge in [-0.1, -0.05) is 26.0 Å². The number of hydrogen-bond donors (Lipinski definition) is 1. The molecule has 2 amide bonds. The van der Waals surface area contributed by atoms with Crippen LogP contribution in [0.3, 0.4) is 0 Å². The second-order valence-electron chi connectivity index (χ2n) is 8.12. The molecule has 1 N–H and O–H groups in total. The van der Waals surface area contributed by atoms with E-state index in [1.165, 1.54) is 0 Å². The summed E-state index contributed by atoms with van der Waals surface area (Å²) in [6.07, 6.45) is 2.86. The highest BCUT2D eigenvalue weighted by molar-refractivity contribution is 5.95. The molecule has 1 aromatic carbocycles. The van der Waals surface area contributed by atoms with Gasteiger partial charge < -0.3 is 14.9 Å². The van der Waals surface area contributed by atoms with E-state index in [0.717, 1.165) is 30.6 Å². The summed E-state index contributed by atoms with van der Waals surface area (Å²) in [5.74, 6) is 0.249. The number of carbonyl (C=O) groups is 2. The van der Waals surface area contributed by atoms with Gasteiger partial charge in [-0.15, -0.1) is 0 Å². The van der Waals surface area contributed by atoms with Crippen LogP contribution < -0.4 is 4.90 Å². The van der Waals surface area contributed by atoms with Crippen molar-refractivity contribution in [3.05, 3.63) is 29.8 Å². The van der Waals surface area contributed by atoms with Gasteiger partial charge in [0.05, 0.1) is 12.5 Å². The van der Waals surface area contributed by atoms with Crippen LogP contribution in [0.2, 0.25) is 0 Å². The van der Waals surface area contributed by atoms with Crippen molar-refractivity contribution >= 4 is 17.5 Å². The Morgan fingerprint density at radius 1 is 1.32 bits per heavy atom. The Labute approximate surface area is 149 Å². The molecule has 0 aromatic heterocycles. The van der Waals surface area contributed by atoms with Gasteiger partial charge in [-0.3, -0.25) is 9.59 Å². The highest BCUT2D eigenvalue weighted by atomic mass is 16.3. The zero-order valence-corrected chi connectivity index (χ0v) is 15.2. The Bertz CT molecular complexity index is 656. The minimum Gasteiger partial charge on any atom is -0.393 e. The highest BCUT2D eigenvalue weighted by Gasteiger charge is 2.31. The summed E-state index contributed by atoms with van der Waals surface area (Å²) in [7, 11) is 0.